The number of anilines is 2. The van der Waals surface area contributed by atoms with E-state index in [1.54, 1.807) is 36.4 Å². The van der Waals surface area contributed by atoms with Gasteiger partial charge in [-0.15, -0.1) is 0 Å². The standard InChI is InChI=1S/C20H17Cl3N6O/c1-11-9-12(2)25-18(24-11)28-19(27-17-6-4-3-5-15(17)22)29-20(30)26-13-7-8-14(21)16(23)10-13/h3-10H,1-2H3,(H3,24,25,26,27,28,29,30). The molecule has 0 atom stereocenters. The maximum atomic E-state index is 12.5. The monoisotopic (exact) mass is 462 g/mol. The zero-order valence-electron chi connectivity index (χ0n) is 16.0. The van der Waals surface area contributed by atoms with E-state index in [4.69, 9.17) is 34.8 Å². The van der Waals surface area contributed by atoms with Crippen LogP contribution in [0, 0.1) is 13.8 Å². The minimum Gasteiger partial charge on any atom is -0.324 e. The second-order valence-corrected chi connectivity index (χ2v) is 7.45. The lowest BCUT2D eigenvalue weighted by Gasteiger charge is -2.13. The molecule has 3 N–H and O–H groups in total. The van der Waals surface area contributed by atoms with Gasteiger partial charge in [0, 0.05) is 17.1 Å². The van der Waals surface area contributed by atoms with Gasteiger partial charge in [-0.1, -0.05) is 46.9 Å². The summed E-state index contributed by atoms with van der Waals surface area (Å²) in [5, 5.41) is 9.45. The van der Waals surface area contributed by atoms with E-state index in [0.29, 0.717) is 26.4 Å². The quantitative estimate of drug-likeness (QED) is 0.329. The van der Waals surface area contributed by atoms with Crippen molar-refractivity contribution < 1.29 is 4.79 Å². The number of hydrogen-bond donors (Lipinski definition) is 3. The molecule has 0 spiro atoms. The number of carbonyl (C=O) groups is 1. The first kappa shape index (κ1) is 21.8. The average molecular weight is 464 g/mol. The van der Waals surface area contributed by atoms with Gasteiger partial charge in [-0.3, -0.25) is 5.32 Å². The van der Waals surface area contributed by atoms with Crippen molar-refractivity contribution >= 4 is 64.1 Å². The van der Waals surface area contributed by atoms with Crippen molar-refractivity contribution in [2.45, 2.75) is 13.8 Å². The number of rotatable bonds is 3. The number of nitrogens with one attached hydrogen (secondary N) is 3. The molecular weight excluding hydrogens is 447 g/mol. The lowest BCUT2D eigenvalue weighted by atomic mass is 10.3. The molecule has 3 rings (SSSR count). The number of halogens is 3. The van der Waals surface area contributed by atoms with Crippen molar-refractivity contribution in [3.05, 3.63) is 75.0 Å². The van der Waals surface area contributed by atoms with Crippen LogP contribution in [0.1, 0.15) is 11.4 Å². The van der Waals surface area contributed by atoms with Crippen LogP contribution in [0.2, 0.25) is 15.1 Å². The first-order chi connectivity index (χ1) is 14.3. The van der Waals surface area contributed by atoms with Gasteiger partial charge in [0.25, 0.3) is 5.95 Å². The molecule has 0 bridgehead atoms. The van der Waals surface area contributed by atoms with Crippen LogP contribution >= 0.6 is 34.8 Å². The molecule has 30 heavy (non-hydrogen) atoms. The minimum absolute atomic E-state index is 0.0886. The molecule has 2 amide bonds. The van der Waals surface area contributed by atoms with Gasteiger partial charge in [-0.2, -0.15) is 4.99 Å². The predicted molar refractivity (Wildman–Crippen MR) is 122 cm³/mol. The van der Waals surface area contributed by atoms with Crippen LogP contribution in [0.3, 0.4) is 0 Å². The van der Waals surface area contributed by atoms with Gasteiger partial charge in [0.05, 0.1) is 20.8 Å². The van der Waals surface area contributed by atoms with Gasteiger partial charge in [0.1, 0.15) is 0 Å². The summed E-state index contributed by atoms with van der Waals surface area (Å²) in [6.07, 6.45) is 0. The Hall–Kier alpha value is -2.87. The van der Waals surface area contributed by atoms with Gasteiger partial charge in [-0.05, 0) is 50.2 Å². The first-order valence-corrected chi connectivity index (χ1v) is 9.89. The van der Waals surface area contributed by atoms with E-state index >= 15 is 0 Å². The highest BCUT2D eigenvalue weighted by molar-refractivity contribution is 6.42. The molecular formula is C20H17Cl3N6O. The van der Waals surface area contributed by atoms with Gasteiger partial charge in [0.15, 0.2) is 0 Å². The Kier molecular flexibility index (Phi) is 7.10. The van der Waals surface area contributed by atoms with Crippen molar-refractivity contribution in [3.63, 3.8) is 0 Å². The van der Waals surface area contributed by atoms with E-state index in [2.05, 4.69) is 30.9 Å². The number of guanidine groups is 1. The fourth-order valence-electron chi connectivity index (χ4n) is 2.48. The fraction of sp³-hybridized carbons (Fsp3) is 0.100. The summed E-state index contributed by atoms with van der Waals surface area (Å²) in [7, 11) is 0. The van der Waals surface area contributed by atoms with Crippen LogP contribution in [-0.2, 0) is 0 Å². The van der Waals surface area contributed by atoms with Crippen molar-refractivity contribution in [2.24, 2.45) is 4.99 Å². The smallest absolute Gasteiger partial charge is 0.324 e. The lowest BCUT2D eigenvalue weighted by molar-refractivity contribution is 0.256. The van der Waals surface area contributed by atoms with Crippen molar-refractivity contribution in [3.8, 4) is 0 Å². The Morgan fingerprint density at radius 3 is 2.23 bits per heavy atom. The van der Waals surface area contributed by atoms with Gasteiger partial charge >= 0.3 is 6.03 Å². The number of para-hydroxylation sites is 1. The molecule has 10 heteroatoms. The normalized spacial score (nSPS) is 11.2. The predicted octanol–water partition coefficient (Wildman–Crippen LogP) is 5.97. The molecule has 0 saturated carbocycles. The maximum Gasteiger partial charge on any atom is 0.326 e. The van der Waals surface area contributed by atoms with Crippen molar-refractivity contribution in [1.82, 2.24) is 15.3 Å². The molecule has 0 aliphatic carbocycles. The van der Waals surface area contributed by atoms with E-state index in [1.165, 1.54) is 6.07 Å². The summed E-state index contributed by atoms with van der Waals surface area (Å²) in [5.41, 5.74) is 2.51. The molecule has 0 saturated heterocycles. The molecule has 0 aliphatic heterocycles. The molecule has 0 radical (unpaired) electrons. The second-order valence-electron chi connectivity index (χ2n) is 6.22. The Morgan fingerprint density at radius 1 is 0.867 bits per heavy atom. The third kappa shape index (κ3) is 6.06. The summed E-state index contributed by atoms with van der Waals surface area (Å²) < 4.78 is 0. The van der Waals surface area contributed by atoms with Gasteiger partial charge < -0.3 is 10.6 Å². The van der Waals surface area contributed by atoms with E-state index in [-0.39, 0.29) is 11.9 Å². The summed E-state index contributed by atoms with van der Waals surface area (Å²) in [6.45, 7) is 3.67. The van der Waals surface area contributed by atoms with Crippen molar-refractivity contribution in [1.29, 1.82) is 0 Å². The number of benzene rings is 2. The number of hydrogen-bond acceptors (Lipinski definition) is 4. The molecule has 154 valence electrons. The third-order valence-electron chi connectivity index (χ3n) is 3.72. The molecule has 1 heterocycles. The zero-order chi connectivity index (χ0) is 21.7. The van der Waals surface area contributed by atoms with Gasteiger partial charge in [-0.25, -0.2) is 14.8 Å². The van der Waals surface area contributed by atoms with Crippen LogP contribution in [0.4, 0.5) is 22.1 Å². The number of carbonyl (C=O) groups excluding carboxylic acids is 1. The van der Waals surface area contributed by atoms with Crippen LogP contribution in [0.25, 0.3) is 0 Å². The summed E-state index contributed by atoms with van der Waals surface area (Å²) >= 11 is 18.1. The molecule has 7 nitrogen and oxygen atoms in total. The SMILES string of the molecule is Cc1cc(C)nc(/N=C(\NC(=O)Nc2ccc(Cl)c(Cl)c2)Nc2ccccc2Cl)n1. The van der Waals surface area contributed by atoms with E-state index in [0.717, 1.165) is 11.4 Å². The van der Waals surface area contributed by atoms with Crippen LogP contribution in [0.5, 0.6) is 0 Å². The molecule has 0 aliphatic rings. The summed E-state index contributed by atoms with van der Waals surface area (Å²) in [6, 6.07) is 13.1. The number of urea groups is 1. The van der Waals surface area contributed by atoms with E-state index in [9.17, 15) is 4.79 Å². The highest BCUT2D eigenvalue weighted by Crippen LogP contribution is 2.25. The molecule has 0 unspecified atom stereocenters. The number of aromatic nitrogens is 2. The molecule has 1 aromatic heterocycles. The largest absolute Gasteiger partial charge is 0.326 e. The number of aliphatic imine (C=N–C) groups is 1. The second kappa shape index (κ2) is 9.75. The number of amides is 2. The van der Waals surface area contributed by atoms with Crippen LogP contribution < -0.4 is 16.0 Å². The van der Waals surface area contributed by atoms with E-state index in [1.807, 2.05) is 19.9 Å². The highest BCUT2D eigenvalue weighted by atomic mass is 35.5. The Bertz CT molecular complexity index is 1100. The van der Waals surface area contributed by atoms with Crippen LogP contribution in [-0.4, -0.2) is 22.0 Å². The highest BCUT2D eigenvalue weighted by Gasteiger charge is 2.11. The van der Waals surface area contributed by atoms with Crippen LogP contribution in [0.15, 0.2) is 53.5 Å². The minimum atomic E-state index is -0.559. The summed E-state index contributed by atoms with van der Waals surface area (Å²) in [5.74, 6) is 0.280. The topological polar surface area (TPSA) is 91.3 Å². The van der Waals surface area contributed by atoms with Crippen molar-refractivity contribution in [2.75, 3.05) is 10.6 Å². The molecule has 2 aromatic carbocycles. The fourth-order valence-corrected chi connectivity index (χ4v) is 2.96. The third-order valence-corrected chi connectivity index (χ3v) is 4.79. The maximum absolute atomic E-state index is 12.5. The summed E-state index contributed by atoms with van der Waals surface area (Å²) in [4.78, 5) is 25.4. The Balaban J connectivity index is 1.86. The van der Waals surface area contributed by atoms with Gasteiger partial charge in [0.2, 0.25) is 5.96 Å². The number of nitrogens with zero attached hydrogens (tertiary/aromatic N) is 3. The zero-order valence-corrected chi connectivity index (χ0v) is 18.3. The Labute approximate surface area is 188 Å². The first-order valence-electron chi connectivity index (χ1n) is 8.76. The lowest BCUT2D eigenvalue weighted by Crippen LogP contribution is -2.38. The Morgan fingerprint density at radius 2 is 1.57 bits per heavy atom. The number of aryl methyl sites for hydroxylation is 2. The average Bonchev–Trinajstić information content (AvgIpc) is 2.65. The molecule has 3 aromatic rings. The van der Waals surface area contributed by atoms with E-state index < -0.39 is 6.03 Å². The molecule has 0 fully saturated rings.